The average Bonchev–Trinajstić information content (AvgIpc) is 2.20. The Morgan fingerprint density at radius 3 is 2.00 bits per heavy atom. The summed E-state index contributed by atoms with van der Waals surface area (Å²) >= 11 is 0. The summed E-state index contributed by atoms with van der Waals surface area (Å²) < 4.78 is 0. The van der Waals surface area contributed by atoms with Gasteiger partial charge in [0.25, 0.3) is 0 Å². The molecule has 20 heavy (non-hydrogen) atoms. The molecule has 0 radical (unpaired) electrons. The molecule has 112 valence electrons. The molecule has 0 unspecified atom stereocenters. The molecule has 4 heteroatoms. The van der Waals surface area contributed by atoms with Gasteiger partial charge in [-0.2, -0.15) is 0 Å². The zero-order valence-corrected chi connectivity index (χ0v) is 12.9. The van der Waals surface area contributed by atoms with Crippen molar-refractivity contribution in [2.75, 3.05) is 0 Å². The summed E-state index contributed by atoms with van der Waals surface area (Å²) in [6, 6.07) is 0. The number of carbonyl (C=O) groups excluding carboxylic acids is 1. The molecular weight excluding hydrogens is 256 g/mol. The van der Waals surface area contributed by atoms with Crippen LogP contribution in [0.3, 0.4) is 0 Å². The molecule has 0 spiro atoms. The number of carboxylic acids is 1. The maximum Gasteiger partial charge on any atom is 0.328 e. The van der Waals surface area contributed by atoms with Crippen LogP contribution in [0.5, 0.6) is 0 Å². The van der Waals surface area contributed by atoms with E-state index in [-0.39, 0.29) is 5.78 Å². The van der Waals surface area contributed by atoms with Crippen molar-refractivity contribution in [1.29, 1.82) is 0 Å². The van der Waals surface area contributed by atoms with Gasteiger partial charge in [0.1, 0.15) is 5.78 Å². The molecule has 0 aliphatic heterocycles. The Morgan fingerprint density at radius 2 is 1.60 bits per heavy atom. The smallest absolute Gasteiger partial charge is 0.328 e. The maximum atomic E-state index is 11.8. The highest BCUT2D eigenvalue weighted by atomic mass is 16.4. The second-order valence-corrected chi connectivity index (χ2v) is 6.99. The lowest BCUT2D eigenvalue weighted by Gasteiger charge is -2.54. The first kappa shape index (κ1) is 16.6. The van der Waals surface area contributed by atoms with Crippen molar-refractivity contribution >= 4 is 11.8 Å². The van der Waals surface area contributed by atoms with Gasteiger partial charge >= 0.3 is 5.97 Å². The molecule has 0 aromatic carbocycles. The van der Waals surface area contributed by atoms with Gasteiger partial charge in [0.2, 0.25) is 0 Å². The van der Waals surface area contributed by atoms with Gasteiger partial charge in [-0.1, -0.05) is 39.8 Å². The fourth-order valence-electron chi connectivity index (χ4n) is 3.18. The van der Waals surface area contributed by atoms with Crippen molar-refractivity contribution in [3.63, 3.8) is 0 Å². The number of hydrogen-bond acceptors (Lipinski definition) is 3. The van der Waals surface area contributed by atoms with E-state index in [0.717, 1.165) is 6.08 Å². The molecule has 1 saturated carbocycles. The number of hydrogen-bond donors (Lipinski definition) is 2. The number of aliphatic carboxylic acids is 1. The van der Waals surface area contributed by atoms with Gasteiger partial charge in [0, 0.05) is 29.7 Å². The minimum Gasteiger partial charge on any atom is -0.478 e. The van der Waals surface area contributed by atoms with Crippen LogP contribution in [-0.2, 0) is 9.59 Å². The lowest BCUT2D eigenvalue weighted by molar-refractivity contribution is -0.161. The van der Waals surface area contributed by atoms with Crippen molar-refractivity contribution in [3.05, 3.63) is 23.8 Å². The number of ketones is 1. The predicted molar refractivity (Wildman–Crippen MR) is 77.3 cm³/mol. The number of carboxylic acid groups (broad SMARTS) is 1. The molecule has 0 amide bonds. The van der Waals surface area contributed by atoms with Crippen molar-refractivity contribution in [1.82, 2.24) is 0 Å². The molecule has 4 nitrogen and oxygen atoms in total. The molecule has 1 aliphatic carbocycles. The number of rotatable bonds is 3. The zero-order valence-electron chi connectivity index (χ0n) is 12.9. The van der Waals surface area contributed by atoms with Crippen LogP contribution in [0.25, 0.3) is 0 Å². The number of carbonyl (C=O) groups is 2. The van der Waals surface area contributed by atoms with E-state index < -0.39 is 22.4 Å². The lowest BCUT2D eigenvalue weighted by atomic mass is 9.53. The van der Waals surface area contributed by atoms with Gasteiger partial charge in [0.05, 0.1) is 5.60 Å². The first-order valence-electron chi connectivity index (χ1n) is 6.76. The molecule has 2 N–H and O–H groups in total. The highest BCUT2D eigenvalue weighted by Crippen LogP contribution is 2.53. The third-order valence-electron chi connectivity index (χ3n) is 4.28. The molecule has 0 bridgehead atoms. The summed E-state index contributed by atoms with van der Waals surface area (Å²) in [5, 5.41) is 19.8. The van der Waals surface area contributed by atoms with E-state index in [0.29, 0.717) is 18.4 Å². The van der Waals surface area contributed by atoms with Crippen LogP contribution >= 0.6 is 0 Å². The second kappa shape index (κ2) is 5.17. The Hall–Kier alpha value is -1.42. The van der Waals surface area contributed by atoms with Crippen LogP contribution in [-0.4, -0.2) is 27.6 Å². The Bertz CT molecular complexity index is 461. The van der Waals surface area contributed by atoms with E-state index >= 15 is 0 Å². The molecular formula is C16H24O4. The largest absolute Gasteiger partial charge is 0.478 e. The Labute approximate surface area is 120 Å². The van der Waals surface area contributed by atoms with Gasteiger partial charge in [-0.25, -0.2) is 4.79 Å². The summed E-state index contributed by atoms with van der Waals surface area (Å²) in [6.45, 7) is 9.14. The van der Waals surface area contributed by atoms with Gasteiger partial charge in [-0.05, 0) is 12.5 Å². The fourth-order valence-corrected chi connectivity index (χ4v) is 3.18. The van der Waals surface area contributed by atoms with E-state index in [1.807, 2.05) is 27.7 Å². The molecule has 0 heterocycles. The topological polar surface area (TPSA) is 74.6 Å². The van der Waals surface area contributed by atoms with Crippen LogP contribution in [0, 0.1) is 10.8 Å². The van der Waals surface area contributed by atoms with Crippen molar-refractivity contribution in [2.24, 2.45) is 10.8 Å². The zero-order chi connectivity index (χ0) is 15.8. The molecule has 1 rings (SSSR count). The van der Waals surface area contributed by atoms with Crippen LogP contribution in [0.15, 0.2) is 23.8 Å². The van der Waals surface area contributed by atoms with Crippen LogP contribution in [0.4, 0.5) is 0 Å². The summed E-state index contributed by atoms with van der Waals surface area (Å²) in [6.07, 6.45) is 4.99. The van der Waals surface area contributed by atoms with Crippen molar-refractivity contribution in [3.8, 4) is 0 Å². The predicted octanol–water partition coefficient (Wildman–Crippen LogP) is 2.72. The molecule has 0 aromatic heterocycles. The highest BCUT2D eigenvalue weighted by molar-refractivity contribution is 5.82. The van der Waals surface area contributed by atoms with Gasteiger partial charge in [-0.15, -0.1) is 0 Å². The summed E-state index contributed by atoms with van der Waals surface area (Å²) in [7, 11) is 0. The van der Waals surface area contributed by atoms with Crippen LogP contribution in [0.2, 0.25) is 0 Å². The van der Waals surface area contributed by atoms with Gasteiger partial charge in [0.15, 0.2) is 0 Å². The standard InChI is InChI=1S/C16H24O4/c1-11(8-13(18)19)6-7-16(20)14(2,3)9-12(17)10-15(16,4)5/h6-8,20H,9-10H2,1-5H3,(H,18,19)/b7-6+,11-8-. The summed E-state index contributed by atoms with van der Waals surface area (Å²) in [4.78, 5) is 22.5. The first-order valence-corrected chi connectivity index (χ1v) is 6.76. The average molecular weight is 280 g/mol. The fraction of sp³-hybridized carbons (Fsp3) is 0.625. The van der Waals surface area contributed by atoms with Crippen LogP contribution in [0.1, 0.15) is 47.5 Å². The van der Waals surface area contributed by atoms with Crippen molar-refractivity contribution in [2.45, 2.75) is 53.1 Å². The van der Waals surface area contributed by atoms with Gasteiger partial charge < -0.3 is 10.2 Å². The summed E-state index contributed by atoms with van der Waals surface area (Å²) in [5.74, 6) is -0.868. The minimum atomic E-state index is -1.17. The molecule has 1 aliphatic rings. The van der Waals surface area contributed by atoms with E-state index in [9.17, 15) is 14.7 Å². The van der Waals surface area contributed by atoms with Gasteiger partial charge in [-0.3, -0.25) is 4.79 Å². The van der Waals surface area contributed by atoms with E-state index in [4.69, 9.17) is 5.11 Å². The van der Waals surface area contributed by atoms with E-state index in [1.54, 1.807) is 19.1 Å². The first-order chi connectivity index (χ1) is 8.91. The maximum absolute atomic E-state index is 11.8. The SMILES string of the molecule is CC(=C/C(=O)O)/C=C/C1(O)C(C)(C)CC(=O)CC1(C)C. The third-order valence-corrected chi connectivity index (χ3v) is 4.28. The third kappa shape index (κ3) is 3.01. The highest BCUT2D eigenvalue weighted by Gasteiger charge is 2.56. The molecule has 0 aromatic rings. The lowest BCUT2D eigenvalue weighted by Crippen LogP contribution is -2.58. The number of allylic oxidation sites excluding steroid dienone is 2. The normalized spacial score (nSPS) is 24.9. The Morgan fingerprint density at radius 1 is 1.15 bits per heavy atom. The Balaban J connectivity index is 3.19. The molecule has 0 saturated heterocycles. The molecule has 1 fully saturated rings. The van der Waals surface area contributed by atoms with Crippen LogP contribution < -0.4 is 0 Å². The van der Waals surface area contributed by atoms with Crippen molar-refractivity contribution < 1.29 is 19.8 Å². The minimum absolute atomic E-state index is 0.149. The van der Waals surface area contributed by atoms with E-state index in [1.165, 1.54) is 0 Å². The quantitative estimate of drug-likeness (QED) is 0.615. The number of Topliss-reactive ketones (excluding diaryl/α,β-unsaturated/α-hetero) is 1. The van der Waals surface area contributed by atoms with E-state index in [2.05, 4.69) is 0 Å². The Kier molecular flexibility index (Phi) is 4.30. The number of aliphatic hydroxyl groups is 1. The second-order valence-electron chi connectivity index (χ2n) is 6.99. The monoisotopic (exact) mass is 280 g/mol. The summed E-state index contributed by atoms with van der Waals surface area (Å²) in [5.41, 5.74) is -1.80. The molecule has 0 atom stereocenters.